The SMILES string of the molecule is CC(C)c1nc2c(C3(N)CCCCC3)cccc2s1. The summed E-state index contributed by atoms with van der Waals surface area (Å²) in [5, 5.41) is 1.22. The Morgan fingerprint density at radius 1 is 1.21 bits per heavy atom. The third kappa shape index (κ3) is 2.30. The minimum Gasteiger partial charge on any atom is -0.321 e. The van der Waals surface area contributed by atoms with Crippen LogP contribution in [-0.4, -0.2) is 4.98 Å². The third-order valence-corrected chi connectivity index (χ3v) is 5.53. The van der Waals surface area contributed by atoms with Gasteiger partial charge in [-0.25, -0.2) is 4.98 Å². The Balaban J connectivity index is 2.12. The molecule has 0 saturated heterocycles. The molecule has 0 amide bonds. The molecule has 0 unspecified atom stereocenters. The van der Waals surface area contributed by atoms with Gasteiger partial charge in [-0.2, -0.15) is 0 Å². The summed E-state index contributed by atoms with van der Waals surface area (Å²) in [5.74, 6) is 0.491. The van der Waals surface area contributed by atoms with Crippen LogP contribution in [0.15, 0.2) is 18.2 Å². The molecule has 0 atom stereocenters. The molecule has 2 aromatic rings. The molecule has 19 heavy (non-hydrogen) atoms. The van der Waals surface area contributed by atoms with Crippen molar-refractivity contribution in [3.05, 3.63) is 28.8 Å². The van der Waals surface area contributed by atoms with Gasteiger partial charge in [0.1, 0.15) is 0 Å². The number of thiazole rings is 1. The number of benzene rings is 1. The van der Waals surface area contributed by atoms with Crippen LogP contribution in [0.1, 0.15) is 62.4 Å². The smallest absolute Gasteiger partial charge is 0.0964 e. The fourth-order valence-corrected chi connectivity index (χ4v) is 4.06. The van der Waals surface area contributed by atoms with Crippen molar-refractivity contribution in [3.8, 4) is 0 Å². The van der Waals surface area contributed by atoms with E-state index >= 15 is 0 Å². The summed E-state index contributed by atoms with van der Waals surface area (Å²) in [6.45, 7) is 4.41. The molecule has 0 radical (unpaired) electrons. The minimum atomic E-state index is -0.153. The van der Waals surface area contributed by atoms with Crippen molar-refractivity contribution >= 4 is 21.6 Å². The number of hydrogen-bond donors (Lipinski definition) is 1. The lowest BCUT2D eigenvalue weighted by molar-refractivity contribution is 0.304. The van der Waals surface area contributed by atoms with E-state index in [1.807, 2.05) is 11.3 Å². The summed E-state index contributed by atoms with van der Waals surface area (Å²) >= 11 is 1.82. The van der Waals surface area contributed by atoms with Gasteiger partial charge in [-0.15, -0.1) is 11.3 Å². The van der Waals surface area contributed by atoms with Crippen molar-refractivity contribution in [2.45, 2.75) is 57.4 Å². The normalized spacial score (nSPS) is 19.2. The van der Waals surface area contributed by atoms with Crippen LogP contribution < -0.4 is 5.73 Å². The van der Waals surface area contributed by atoms with Gasteiger partial charge in [-0.05, 0) is 24.5 Å². The zero-order chi connectivity index (χ0) is 13.5. The van der Waals surface area contributed by atoms with Crippen LogP contribution in [-0.2, 0) is 5.54 Å². The molecule has 2 nitrogen and oxygen atoms in total. The fraction of sp³-hybridized carbons (Fsp3) is 0.562. The van der Waals surface area contributed by atoms with Gasteiger partial charge >= 0.3 is 0 Å². The molecule has 1 aromatic heterocycles. The largest absolute Gasteiger partial charge is 0.321 e. The highest BCUT2D eigenvalue weighted by Gasteiger charge is 2.31. The van der Waals surface area contributed by atoms with E-state index in [0.29, 0.717) is 5.92 Å². The van der Waals surface area contributed by atoms with E-state index < -0.39 is 0 Å². The van der Waals surface area contributed by atoms with Crippen molar-refractivity contribution < 1.29 is 0 Å². The van der Waals surface area contributed by atoms with Gasteiger partial charge in [0.15, 0.2) is 0 Å². The van der Waals surface area contributed by atoms with Gasteiger partial charge in [0.05, 0.1) is 15.2 Å². The fourth-order valence-electron chi connectivity index (χ4n) is 3.07. The number of nitrogens with two attached hydrogens (primary N) is 1. The number of rotatable bonds is 2. The van der Waals surface area contributed by atoms with Gasteiger partial charge < -0.3 is 5.73 Å². The highest BCUT2D eigenvalue weighted by molar-refractivity contribution is 7.18. The second-order valence-corrected chi connectivity index (χ2v) is 7.14. The molecular weight excluding hydrogens is 252 g/mol. The molecule has 3 heteroatoms. The molecule has 2 N–H and O–H groups in total. The molecule has 1 aliphatic carbocycles. The predicted molar refractivity (Wildman–Crippen MR) is 82.7 cm³/mol. The first kappa shape index (κ1) is 13.1. The van der Waals surface area contributed by atoms with Crippen LogP contribution in [0.3, 0.4) is 0 Å². The monoisotopic (exact) mass is 274 g/mol. The average molecular weight is 274 g/mol. The van der Waals surface area contributed by atoms with Crippen molar-refractivity contribution in [1.29, 1.82) is 0 Å². The maximum atomic E-state index is 6.70. The van der Waals surface area contributed by atoms with E-state index in [9.17, 15) is 0 Å². The topological polar surface area (TPSA) is 38.9 Å². The number of hydrogen-bond acceptors (Lipinski definition) is 3. The van der Waals surface area contributed by atoms with Gasteiger partial charge in [-0.1, -0.05) is 45.2 Å². The first-order valence-corrected chi connectivity index (χ1v) is 8.11. The first-order valence-electron chi connectivity index (χ1n) is 7.29. The summed E-state index contributed by atoms with van der Waals surface area (Å²) in [4.78, 5) is 4.87. The van der Waals surface area contributed by atoms with E-state index in [1.54, 1.807) is 0 Å². The summed E-state index contributed by atoms with van der Waals surface area (Å²) in [6.07, 6.45) is 6.01. The number of para-hydroxylation sites is 1. The van der Waals surface area contributed by atoms with Crippen LogP contribution in [0.2, 0.25) is 0 Å². The minimum absolute atomic E-state index is 0.153. The number of fused-ring (bicyclic) bond motifs is 1. The van der Waals surface area contributed by atoms with Crippen molar-refractivity contribution in [2.24, 2.45) is 5.73 Å². The molecule has 0 aliphatic heterocycles. The van der Waals surface area contributed by atoms with Crippen LogP contribution >= 0.6 is 11.3 Å². The van der Waals surface area contributed by atoms with Gasteiger partial charge in [0, 0.05) is 11.5 Å². The summed E-state index contributed by atoms with van der Waals surface area (Å²) < 4.78 is 1.29. The van der Waals surface area contributed by atoms with Gasteiger partial charge in [-0.3, -0.25) is 0 Å². The lowest BCUT2D eigenvalue weighted by atomic mass is 9.77. The third-order valence-electron chi connectivity index (χ3n) is 4.21. The Morgan fingerprint density at radius 3 is 2.63 bits per heavy atom. The maximum absolute atomic E-state index is 6.70. The highest BCUT2D eigenvalue weighted by Crippen LogP contribution is 2.39. The first-order chi connectivity index (χ1) is 9.10. The van der Waals surface area contributed by atoms with Crippen LogP contribution in [0.4, 0.5) is 0 Å². The lowest BCUT2D eigenvalue weighted by Crippen LogP contribution is -2.38. The summed E-state index contributed by atoms with van der Waals surface area (Å²) in [6, 6.07) is 6.51. The van der Waals surface area contributed by atoms with Crippen molar-refractivity contribution in [3.63, 3.8) is 0 Å². The molecular formula is C16H22N2S. The molecule has 3 rings (SSSR count). The van der Waals surface area contributed by atoms with Gasteiger partial charge in [0.25, 0.3) is 0 Å². The van der Waals surface area contributed by atoms with Crippen molar-refractivity contribution in [2.75, 3.05) is 0 Å². The standard InChI is InChI=1S/C16H22N2S/c1-11(2)15-18-14-12(7-6-8-13(14)19-15)16(17)9-4-3-5-10-16/h6-8,11H,3-5,9-10,17H2,1-2H3. The summed E-state index contributed by atoms with van der Waals surface area (Å²) in [7, 11) is 0. The van der Waals surface area contributed by atoms with Gasteiger partial charge in [0.2, 0.25) is 0 Å². The van der Waals surface area contributed by atoms with E-state index in [4.69, 9.17) is 10.7 Å². The lowest BCUT2D eigenvalue weighted by Gasteiger charge is -2.34. The Hall–Kier alpha value is -0.930. The molecule has 1 aromatic carbocycles. The highest BCUT2D eigenvalue weighted by atomic mass is 32.1. The quantitative estimate of drug-likeness (QED) is 0.873. The predicted octanol–water partition coefficient (Wildman–Crippen LogP) is 4.54. The van der Waals surface area contributed by atoms with Crippen LogP contribution in [0.5, 0.6) is 0 Å². The summed E-state index contributed by atoms with van der Waals surface area (Å²) in [5.41, 5.74) is 8.97. The van der Waals surface area contributed by atoms with E-state index in [1.165, 1.54) is 34.5 Å². The van der Waals surface area contributed by atoms with E-state index in [-0.39, 0.29) is 5.54 Å². The maximum Gasteiger partial charge on any atom is 0.0964 e. The average Bonchev–Trinajstić information content (AvgIpc) is 2.83. The van der Waals surface area contributed by atoms with E-state index in [2.05, 4.69) is 32.0 Å². The van der Waals surface area contributed by atoms with E-state index in [0.717, 1.165) is 18.4 Å². The Kier molecular flexibility index (Phi) is 3.35. The number of nitrogens with zero attached hydrogens (tertiary/aromatic N) is 1. The molecule has 1 fully saturated rings. The van der Waals surface area contributed by atoms with Crippen LogP contribution in [0.25, 0.3) is 10.2 Å². The molecule has 1 heterocycles. The van der Waals surface area contributed by atoms with Crippen LogP contribution in [0, 0.1) is 0 Å². The second kappa shape index (κ2) is 4.88. The molecule has 0 spiro atoms. The second-order valence-electron chi connectivity index (χ2n) is 6.08. The molecule has 102 valence electrons. The number of aromatic nitrogens is 1. The van der Waals surface area contributed by atoms with Crippen molar-refractivity contribution in [1.82, 2.24) is 4.98 Å². The molecule has 0 bridgehead atoms. The molecule has 1 saturated carbocycles. The Morgan fingerprint density at radius 2 is 1.95 bits per heavy atom. The zero-order valence-corrected chi connectivity index (χ0v) is 12.6. The molecule has 1 aliphatic rings. The Labute approximate surface area is 119 Å². The Bertz CT molecular complexity index is 579. The zero-order valence-electron chi connectivity index (χ0n) is 11.8.